The first-order valence-electron chi connectivity index (χ1n) is 30.8. The molecule has 7 amide bonds. The number of aliphatic hydroxyl groups excluding tert-OH is 1. The highest BCUT2D eigenvalue weighted by Gasteiger charge is 2.39. The van der Waals surface area contributed by atoms with Crippen LogP contribution in [0, 0.1) is 11.8 Å². The third-order valence-electron chi connectivity index (χ3n) is 15.6. The minimum Gasteiger partial charge on any atom is -0.481 e. The molecule has 2 heterocycles. The Hall–Kier alpha value is -6.54. The van der Waals surface area contributed by atoms with Gasteiger partial charge in [0.15, 0.2) is 5.96 Å². The summed E-state index contributed by atoms with van der Waals surface area (Å²) in [6, 6.07) is -0.134. The largest absolute Gasteiger partial charge is 0.481 e. The molecule has 11 atom stereocenters. The zero-order valence-electron chi connectivity index (χ0n) is 52.3. The van der Waals surface area contributed by atoms with Crippen LogP contribution in [0.25, 0.3) is 0 Å². The lowest BCUT2D eigenvalue weighted by molar-refractivity contribution is -0.154. The monoisotopic (exact) mass is 1210 g/mol. The lowest BCUT2D eigenvalue weighted by atomic mass is 9.95. The number of nitrogens with zero attached hydrogens (tertiary/aromatic N) is 2. The molecule has 25 heteroatoms. The summed E-state index contributed by atoms with van der Waals surface area (Å²) in [5, 5.41) is 36.7. The van der Waals surface area contributed by atoms with E-state index in [1.54, 1.807) is 25.7 Å². The number of nitrogens with one attached hydrogen (secondary N) is 8. The van der Waals surface area contributed by atoms with E-state index in [-0.39, 0.29) is 68.9 Å². The van der Waals surface area contributed by atoms with Gasteiger partial charge >= 0.3 is 5.97 Å². The standard InChI is InChI=1S/C61H102N12O13/c1-10-60(8)31-21-16-14-12-11-13-15-17-22-32-61(9,86-72-50(40(4)5)58(84)73-34-24-27-44(73)37-74)38-65-53(79)46(29-30-49(76)77)68-54(80)45(28-23-33-64-59(62)63)67-55(81)47(35-39(2)3)69-57(83)51(42(7)75)70-52(78)41(6)66-56(82)48(71-85-60)36-43-25-19-18-20-26-43/h13,15,18-20,25-26,37,39-42,44-48,50-51,71-72,75H,10-12,14,16-17,21-24,27-36,38H2,1-9H3,(H,65,79)(H,66,82)(H,67,81)(H,68,80)(H,69,83)(H,70,78)(H,76,77)(H4,62,63,64)/b15-13-/t41?,42-,44+,45+,46?,47?,48+,50?,51+,60?,61?/m1/s1. The van der Waals surface area contributed by atoms with Gasteiger partial charge < -0.3 is 63.3 Å². The fraction of sp³-hybridized carbons (Fsp3) is 0.705. The molecule has 3 rings (SSSR count). The van der Waals surface area contributed by atoms with Crippen molar-refractivity contribution in [3.05, 3.63) is 48.0 Å². The van der Waals surface area contributed by atoms with Gasteiger partial charge in [-0.25, -0.2) is 0 Å². The van der Waals surface area contributed by atoms with E-state index in [1.165, 1.54) is 13.8 Å². The van der Waals surface area contributed by atoms with Gasteiger partial charge in [0.1, 0.15) is 54.2 Å². The number of carboxylic acid groups (broad SMARTS) is 1. The SMILES string of the molecule is CCC1(C)CCCCCC/C=C\CCCC(C)(ONC(C(=O)N2CCC[C@H]2C=O)C(C)C)CNC(=O)C(CCC(=O)O)NC(=O)[C@H](CCCN=C(N)N)NC(=O)C(CC(C)C)NC(=O)[C@H]([C@@H](C)O)NC(=O)C(C)NC(=O)[C@H](Cc2ccccc2)NO1. The molecular formula is C61H102N12O13. The molecule has 0 radical (unpaired) electrons. The number of benzene rings is 1. The zero-order chi connectivity index (χ0) is 64.0. The molecule has 1 aromatic rings. The summed E-state index contributed by atoms with van der Waals surface area (Å²) in [5.74, 6) is -7.10. The van der Waals surface area contributed by atoms with Crippen LogP contribution in [0.3, 0.4) is 0 Å². The Kier molecular flexibility index (Phi) is 32.5. The Morgan fingerprint density at radius 2 is 1.43 bits per heavy atom. The van der Waals surface area contributed by atoms with Crippen LogP contribution in [0.5, 0.6) is 0 Å². The molecule has 0 saturated carbocycles. The number of likely N-dealkylation sites (tertiary alicyclic amines) is 1. The number of guanidine groups is 1. The number of aliphatic imine (C=N–C) groups is 1. The molecule has 14 N–H and O–H groups in total. The van der Waals surface area contributed by atoms with Gasteiger partial charge in [-0.15, -0.1) is 0 Å². The molecule has 0 aliphatic carbocycles. The predicted octanol–water partition coefficient (Wildman–Crippen LogP) is 2.77. The van der Waals surface area contributed by atoms with Crippen molar-refractivity contribution in [3.63, 3.8) is 0 Å². The first kappa shape index (κ1) is 73.7. The smallest absolute Gasteiger partial charge is 0.303 e. The summed E-state index contributed by atoms with van der Waals surface area (Å²) in [4.78, 5) is 141. The van der Waals surface area contributed by atoms with Crippen molar-refractivity contribution in [1.29, 1.82) is 0 Å². The Morgan fingerprint density at radius 3 is 2.05 bits per heavy atom. The molecule has 0 bridgehead atoms. The number of aliphatic hydroxyl groups is 1. The molecule has 25 nitrogen and oxygen atoms in total. The summed E-state index contributed by atoms with van der Waals surface area (Å²) in [5.41, 5.74) is 16.1. The molecule has 2 aliphatic heterocycles. The number of aliphatic carboxylic acids is 1. The van der Waals surface area contributed by atoms with Crippen LogP contribution in [-0.4, -0.2) is 160 Å². The van der Waals surface area contributed by atoms with Crippen molar-refractivity contribution >= 4 is 59.6 Å². The van der Waals surface area contributed by atoms with E-state index in [4.69, 9.17) is 21.1 Å². The Bertz CT molecular complexity index is 2390. The van der Waals surface area contributed by atoms with Crippen molar-refractivity contribution in [2.45, 2.75) is 244 Å². The fourth-order valence-electron chi connectivity index (χ4n) is 10.0. The van der Waals surface area contributed by atoms with Crippen molar-refractivity contribution in [2.24, 2.45) is 28.3 Å². The molecule has 2 aliphatic rings. The van der Waals surface area contributed by atoms with Crippen LogP contribution >= 0.6 is 0 Å². The molecule has 1 saturated heterocycles. The highest BCUT2D eigenvalue weighted by molar-refractivity contribution is 5.97. The number of allylic oxidation sites excluding steroid dienone is 2. The second-order valence-corrected chi connectivity index (χ2v) is 24.2. The molecule has 1 fully saturated rings. The molecule has 86 heavy (non-hydrogen) atoms. The van der Waals surface area contributed by atoms with E-state index in [9.17, 15) is 53.4 Å². The first-order valence-corrected chi connectivity index (χ1v) is 30.8. The molecule has 1 aromatic carbocycles. The maximum Gasteiger partial charge on any atom is 0.303 e. The van der Waals surface area contributed by atoms with E-state index in [0.717, 1.165) is 44.0 Å². The number of carbonyl (C=O) groups is 9. The number of hydrogen-bond acceptors (Lipinski definition) is 15. The highest BCUT2D eigenvalue weighted by atomic mass is 16.7. The van der Waals surface area contributed by atoms with Crippen molar-refractivity contribution in [1.82, 2.24) is 47.8 Å². The molecule has 484 valence electrons. The second kappa shape index (κ2) is 37.9. The normalized spacial score (nSPS) is 27.6. The zero-order valence-corrected chi connectivity index (χ0v) is 52.3. The maximum atomic E-state index is 14.4. The average Bonchev–Trinajstić information content (AvgIpc) is 3.27. The summed E-state index contributed by atoms with van der Waals surface area (Å²) in [6.07, 6.45) is 11.6. The van der Waals surface area contributed by atoms with Crippen LogP contribution < -0.4 is 54.3 Å². The Morgan fingerprint density at radius 1 is 0.802 bits per heavy atom. The topological polar surface area (TPSA) is 376 Å². The van der Waals surface area contributed by atoms with Crippen LogP contribution in [0.1, 0.15) is 177 Å². The molecule has 0 spiro atoms. The van der Waals surface area contributed by atoms with Gasteiger partial charge in [-0.3, -0.25) is 53.0 Å². The number of carboxylic acids is 1. The number of hydroxylamine groups is 2. The van der Waals surface area contributed by atoms with Gasteiger partial charge in [-0.2, -0.15) is 11.0 Å². The summed E-state index contributed by atoms with van der Waals surface area (Å²) >= 11 is 0. The highest BCUT2D eigenvalue weighted by Crippen LogP contribution is 2.25. The van der Waals surface area contributed by atoms with E-state index in [1.807, 2.05) is 58.0 Å². The van der Waals surface area contributed by atoms with Crippen LogP contribution in [0.4, 0.5) is 0 Å². The minimum absolute atomic E-state index is 0.0149. The van der Waals surface area contributed by atoms with Gasteiger partial charge in [0.05, 0.1) is 17.7 Å². The van der Waals surface area contributed by atoms with E-state index in [2.05, 4.69) is 60.0 Å². The number of carbonyl (C=O) groups excluding carboxylic acids is 8. The van der Waals surface area contributed by atoms with Crippen molar-refractivity contribution < 1.29 is 63.0 Å². The predicted molar refractivity (Wildman–Crippen MR) is 326 cm³/mol. The van der Waals surface area contributed by atoms with E-state index < -0.39 is 113 Å². The van der Waals surface area contributed by atoms with Gasteiger partial charge in [-0.1, -0.05) is 96.4 Å². The number of amides is 7. The third kappa shape index (κ3) is 26.6. The van der Waals surface area contributed by atoms with Gasteiger partial charge in [-0.05, 0) is 135 Å². The molecular weight excluding hydrogens is 1110 g/mol. The van der Waals surface area contributed by atoms with Crippen LogP contribution in [0.2, 0.25) is 0 Å². The first-order chi connectivity index (χ1) is 40.7. The minimum atomic E-state index is -1.63. The fourth-order valence-corrected chi connectivity index (χ4v) is 10.0. The number of rotatable bonds is 19. The second-order valence-electron chi connectivity index (χ2n) is 24.2. The number of aldehydes is 1. The average molecular weight is 1210 g/mol. The quantitative estimate of drug-likeness (QED) is 0.0237. The lowest BCUT2D eigenvalue weighted by Gasteiger charge is -2.35. The summed E-state index contributed by atoms with van der Waals surface area (Å²) in [6.45, 7) is 16.0. The van der Waals surface area contributed by atoms with Crippen LogP contribution in [0.15, 0.2) is 47.5 Å². The summed E-state index contributed by atoms with van der Waals surface area (Å²) in [7, 11) is 0. The number of nitrogens with two attached hydrogens (primary N) is 2. The van der Waals surface area contributed by atoms with Crippen molar-refractivity contribution in [2.75, 3.05) is 19.6 Å². The molecule has 6 unspecified atom stereocenters. The van der Waals surface area contributed by atoms with Crippen molar-refractivity contribution in [3.8, 4) is 0 Å². The Labute approximate surface area is 508 Å². The lowest BCUT2D eigenvalue weighted by Crippen LogP contribution is -2.61. The Balaban J connectivity index is 2.05. The van der Waals surface area contributed by atoms with Crippen LogP contribution in [-0.2, 0) is 59.2 Å². The van der Waals surface area contributed by atoms with Gasteiger partial charge in [0.2, 0.25) is 41.4 Å². The number of hydrogen-bond donors (Lipinski definition) is 12. The maximum absolute atomic E-state index is 14.4. The summed E-state index contributed by atoms with van der Waals surface area (Å²) < 4.78 is 0. The third-order valence-corrected chi connectivity index (χ3v) is 15.6. The molecule has 0 aromatic heterocycles. The van der Waals surface area contributed by atoms with E-state index >= 15 is 0 Å². The van der Waals surface area contributed by atoms with Gasteiger partial charge in [0, 0.05) is 26.1 Å². The van der Waals surface area contributed by atoms with E-state index in [0.29, 0.717) is 51.5 Å². The van der Waals surface area contributed by atoms with Gasteiger partial charge in [0.25, 0.3) is 0 Å².